The molecule has 0 bridgehead atoms. The number of para-hydroxylation sites is 1. The van der Waals surface area contributed by atoms with Gasteiger partial charge in [-0.15, -0.1) is 0 Å². The normalized spacial score (nSPS) is 26.3. The van der Waals surface area contributed by atoms with Gasteiger partial charge in [0.05, 0.1) is 13.2 Å². The molecule has 3 heteroatoms. The van der Waals surface area contributed by atoms with Gasteiger partial charge in [-0.05, 0) is 44.2 Å². The summed E-state index contributed by atoms with van der Waals surface area (Å²) in [4.78, 5) is 0. The highest BCUT2D eigenvalue weighted by atomic mass is 16.5. The summed E-state index contributed by atoms with van der Waals surface area (Å²) < 4.78 is 11.8. The molecule has 0 aromatic heterocycles. The fraction of sp³-hybridized carbons (Fsp3) is 0.647. The molecule has 1 saturated carbocycles. The Morgan fingerprint density at radius 1 is 1.15 bits per heavy atom. The number of methoxy groups -OCH3 is 1. The van der Waals surface area contributed by atoms with Gasteiger partial charge >= 0.3 is 0 Å². The Morgan fingerprint density at radius 2 is 1.85 bits per heavy atom. The maximum absolute atomic E-state index is 6.34. The van der Waals surface area contributed by atoms with E-state index in [-0.39, 0.29) is 0 Å². The van der Waals surface area contributed by atoms with Crippen molar-refractivity contribution in [3.63, 3.8) is 0 Å². The fourth-order valence-electron chi connectivity index (χ4n) is 3.32. The van der Waals surface area contributed by atoms with Crippen LogP contribution in [0.1, 0.15) is 38.7 Å². The molecule has 0 spiro atoms. The van der Waals surface area contributed by atoms with E-state index in [1.54, 1.807) is 7.11 Å². The maximum Gasteiger partial charge on any atom is 0.166 e. The Morgan fingerprint density at radius 3 is 2.45 bits per heavy atom. The van der Waals surface area contributed by atoms with E-state index in [0.29, 0.717) is 6.10 Å². The van der Waals surface area contributed by atoms with E-state index in [0.717, 1.165) is 48.3 Å². The van der Waals surface area contributed by atoms with E-state index in [1.807, 2.05) is 19.2 Å². The highest BCUT2D eigenvalue weighted by Gasteiger charge is 2.26. The molecule has 1 aliphatic rings. The first-order valence-electron chi connectivity index (χ1n) is 7.61. The molecular weight excluding hydrogens is 250 g/mol. The average Bonchev–Trinajstić information content (AvgIpc) is 2.40. The lowest BCUT2D eigenvalue weighted by atomic mass is 9.82. The summed E-state index contributed by atoms with van der Waals surface area (Å²) in [6.45, 7) is 5.44. The second kappa shape index (κ2) is 6.98. The van der Waals surface area contributed by atoms with Gasteiger partial charge < -0.3 is 14.8 Å². The molecule has 1 N–H and O–H groups in total. The Hall–Kier alpha value is -1.22. The van der Waals surface area contributed by atoms with Gasteiger partial charge in [0.15, 0.2) is 11.5 Å². The van der Waals surface area contributed by atoms with Gasteiger partial charge in [-0.1, -0.05) is 26.0 Å². The third-order valence-electron chi connectivity index (χ3n) is 4.07. The zero-order valence-electron chi connectivity index (χ0n) is 13.1. The van der Waals surface area contributed by atoms with Crippen molar-refractivity contribution in [2.24, 2.45) is 11.8 Å². The summed E-state index contributed by atoms with van der Waals surface area (Å²) in [5.74, 6) is 3.23. The summed E-state index contributed by atoms with van der Waals surface area (Å²) in [5.41, 5.74) is 1.16. The topological polar surface area (TPSA) is 30.5 Å². The Bertz CT molecular complexity index is 423. The number of hydrogen-bond donors (Lipinski definition) is 1. The molecule has 1 fully saturated rings. The van der Waals surface area contributed by atoms with Crippen LogP contribution >= 0.6 is 0 Å². The fourth-order valence-corrected chi connectivity index (χ4v) is 3.32. The lowest BCUT2D eigenvalue weighted by Crippen LogP contribution is -2.29. The van der Waals surface area contributed by atoms with Crippen molar-refractivity contribution in [2.75, 3.05) is 14.2 Å². The van der Waals surface area contributed by atoms with Crippen LogP contribution in [0.5, 0.6) is 11.5 Å². The molecular formula is C17H27NO2. The number of nitrogens with one attached hydrogen (secondary N) is 1. The Balaban J connectivity index is 2.18. The molecule has 0 radical (unpaired) electrons. The standard InChI is InChI=1S/C17H27NO2/c1-12-8-13(2)10-15(9-12)20-17-14(11-18-3)6-5-7-16(17)19-4/h5-7,12-13,15,18H,8-11H2,1-4H3. The molecule has 2 atom stereocenters. The Labute approximate surface area is 122 Å². The van der Waals surface area contributed by atoms with E-state index < -0.39 is 0 Å². The highest BCUT2D eigenvalue weighted by molar-refractivity contribution is 5.46. The Kier molecular flexibility index (Phi) is 5.30. The summed E-state index contributed by atoms with van der Waals surface area (Å²) in [5, 5.41) is 3.19. The number of rotatable bonds is 5. The first-order valence-corrected chi connectivity index (χ1v) is 7.61. The van der Waals surface area contributed by atoms with Gasteiger partial charge in [0.1, 0.15) is 0 Å². The lowest BCUT2D eigenvalue weighted by Gasteiger charge is -2.32. The van der Waals surface area contributed by atoms with Gasteiger partial charge in [-0.25, -0.2) is 0 Å². The molecule has 1 aliphatic carbocycles. The monoisotopic (exact) mass is 277 g/mol. The molecule has 0 amide bonds. The number of ether oxygens (including phenoxy) is 2. The van der Waals surface area contributed by atoms with Crippen molar-refractivity contribution in [3.05, 3.63) is 23.8 Å². The minimum Gasteiger partial charge on any atom is -0.493 e. The molecule has 0 heterocycles. The van der Waals surface area contributed by atoms with Crippen LogP contribution < -0.4 is 14.8 Å². The first kappa shape index (κ1) is 15.2. The van der Waals surface area contributed by atoms with Gasteiger partial charge in [-0.2, -0.15) is 0 Å². The largest absolute Gasteiger partial charge is 0.493 e. The molecule has 0 saturated heterocycles. The highest BCUT2D eigenvalue weighted by Crippen LogP contribution is 2.36. The summed E-state index contributed by atoms with van der Waals surface area (Å²) >= 11 is 0. The van der Waals surface area contributed by atoms with E-state index in [9.17, 15) is 0 Å². The molecule has 3 nitrogen and oxygen atoms in total. The molecule has 1 aromatic carbocycles. The van der Waals surface area contributed by atoms with Gasteiger partial charge in [0.25, 0.3) is 0 Å². The molecule has 20 heavy (non-hydrogen) atoms. The molecule has 112 valence electrons. The summed E-state index contributed by atoms with van der Waals surface area (Å²) in [6.07, 6.45) is 3.90. The second-order valence-electron chi connectivity index (χ2n) is 6.14. The van der Waals surface area contributed by atoms with Crippen LogP contribution in [0, 0.1) is 11.8 Å². The average molecular weight is 277 g/mol. The summed E-state index contributed by atoms with van der Waals surface area (Å²) in [7, 11) is 3.66. The second-order valence-corrected chi connectivity index (χ2v) is 6.14. The van der Waals surface area contributed by atoms with Crippen LogP contribution in [-0.2, 0) is 6.54 Å². The van der Waals surface area contributed by atoms with Crippen LogP contribution in [0.15, 0.2) is 18.2 Å². The van der Waals surface area contributed by atoms with E-state index >= 15 is 0 Å². The van der Waals surface area contributed by atoms with Gasteiger partial charge in [0, 0.05) is 12.1 Å². The van der Waals surface area contributed by atoms with Gasteiger partial charge in [0.2, 0.25) is 0 Å². The number of hydrogen-bond acceptors (Lipinski definition) is 3. The van der Waals surface area contributed by atoms with Crippen molar-refractivity contribution in [1.29, 1.82) is 0 Å². The predicted molar refractivity (Wildman–Crippen MR) is 82.4 cm³/mol. The SMILES string of the molecule is CNCc1cccc(OC)c1OC1CC(C)CC(C)C1. The van der Waals surface area contributed by atoms with E-state index in [4.69, 9.17) is 9.47 Å². The zero-order chi connectivity index (χ0) is 14.5. The molecule has 2 rings (SSSR count). The third-order valence-corrected chi connectivity index (χ3v) is 4.07. The van der Waals surface area contributed by atoms with Gasteiger partial charge in [-0.3, -0.25) is 0 Å². The zero-order valence-corrected chi connectivity index (χ0v) is 13.1. The minimum absolute atomic E-state index is 0.306. The lowest BCUT2D eigenvalue weighted by molar-refractivity contribution is 0.0969. The van der Waals surface area contributed by atoms with Crippen molar-refractivity contribution < 1.29 is 9.47 Å². The minimum atomic E-state index is 0.306. The van der Waals surface area contributed by atoms with Crippen LogP contribution in [-0.4, -0.2) is 20.3 Å². The van der Waals surface area contributed by atoms with Crippen molar-refractivity contribution in [1.82, 2.24) is 5.32 Å². The van der Waals surface area contributed by atoms with Crippen molar-refractivity contribution in [3.8, 4) is 11.5 Å². The molecule has 1 aromatic rings. The molecule has 2 unspecified atom stereocenters. The first-order chi connectivity index (χ1) is 9.63. The van der Waals surface area contributed by atoms with Crippen LogP contribution in [0.2, 0.25) is 0 Å². The van der Waals surface area contributed by atoms with Crippen LogP contribution in [0.4, 0.5) is 0 Å². The van der Waals surface area contributed by atoms with Crippen LogP contribution in [0.25, 0.3) is 0 Å². The number of benzene rings is 1. The quantitative estimate of drug-likeness (QED) is 0.891. The van der Waals surface area contributed by atoms with Crippen LogP contribution in [0.3, 0.4) is 0 Å². The van der Waals surface area contributed by atoms with Crippen molar-refractivity contribution in [2.45, 2.75) is 45.8 Å². The maximum atomic E-state index is 6.34. The smallest absolute Gasteiger partial charge is 0.166 e. The molecule has 0 aliphatic heterocycles. The van der Waals surface area contributed by atoms with E-state index in [2.05, 4.69) is 25.2 Å². The third kappa shape index (κ3) is 3.66. The summed E-state index contributed by atoms with van der Waals surface area (Å²) in [6, 6.07) is 6.10. The van der Waals surface area contributed by atoms with Crippen molar-refractivity contribution >= 4 is 0 Å². The van der Waals surface area contributed by atoms with E-state index in [1.165, 1.54) is 6.42 Å². The predicted octanol–water partition coefficient (Wildman–Crippen LogP) is 3.62.